The fourth-order valence-electron chi connectivity index (χ4n) is 6.68. The van der Waals surface area contributed by atoms with Crippen LogP contribution in [-0.2, 0) is 0 Å². The molecule has 0 aromatic rings. The van der Waals surface area contributed by atoms with Crippen molar-refractivity contribution >= 4 is 0 Å². The fourth-order valence-corrected chi connectivity index (χ4v) is 6.68. The summed E-state index contributed by atoms with van der Waals surface area (Å²) in [5.41, 5.74) is 16.4. The van der Waals surface area contributed by atoms with Crippen LogP contribution in [0.25, 0.3) is 0 Å². The topological polar surface area (TPSA) is 20.2 Å². The maximum Gasteiger partial charge on any atom is 0.0614 e. The first kappa shape index (κ1) is 53.1. The van der Waals surface area contributed by atoms with Crippen molar-refractivity contribution < 1.29 is 5.11 Å². The highest BCUT2D eigenvalue weighted by Crippen LogP contribution is 2.18. The van der Waals surface area contributed by atoms with Crippen molar-refractivity contribution in [3.05, 3.63) is 128 Å². The van der Waals surface area contributed by atoms with Gasteiger partial charge in [0, 0.05) is 0 Å². The highest BCUT2D eigenvalue weighted by atomic mass is 16.2. The van der Waals surface area contributed by atoms with Crippen molar-refractivity contribution in [2.45, 2.75) is 212 Å². The minimum atomic E-state index is 0.149. The molecule has 0 aromatic heterocycles. The van der Waals surface area contributed by atoms with E-state index >= 15 is 0 Å². The normalized spacial score (nSPS) is 14.9. The van der Waals surface area contributed by atoms with Gasteiger partial charge in [0.15, 0.2) is 0 Å². The van der Waals surface area contributed by atoms with Crippen LogP contribution in [0.4, 0.5) is 0 Å². The molecule has 0 amide bonds. The van der Waals surface area contributed by atoms with E-state index in [2.05, 4.69) is 144 Å². The summed E-state index contributed by atoms with van der Waals surface area (Å²) in [6.07, 6.45) is 49.3. The summed E-state index contributed by atoms with van der Waals surface area (Å²) in [5, 5.41) is 8.99. The molecule has 1 nitrogen and oxygen atoms in total. The fraction of sp³-hybridized carbons (Fsp3) is 0.600. The Kier molecular flexibility index (Phi) is 33.5. The lowest BCUT2D eigenvalue weighted by Crippen LogP contribution is -1.84. The molecule has 0 bridgehead atoms. The van der Waals surface area contributed by atoms with Crippen LogP contribution in [0.3, 0.4) is 0 Å². The number of aliphatic hydroxyl groups is 1. The zero-order valence-corrected chi connectivity index (χ0v) is 39.1. The van der Waals surface area contributed by atoms with Gasteiger partial charge in [-0.1, -0.05) is 128 Å². The molecule has 0 spiro atoms. The van der Waals surface area contributed by atoms with Crippen molar-refractivity contribution in [2.24, 2.45) is 0 Å². The summed E-state index contributed by atoms with van der Waals surface area (Å²) in [7, 11) is 0. The molecule has 0 saturated heterocycles. The van der Waals surface area contributed by atoms with Crippen molar-refractivity contribution in [1.82, 2.24) is 0 Å². The SMILES string of the molecule is CC(C)=CCC/C(C)=C/CC/C(C)=C\CC/C(C)=C\CC/C(C)=C\CC/C(C)=C\CC/C(C)=C\CC/C(C)=C\CC/C(C)=C\CC/C(C)=C\CC/C(C)=C\CO. The van der Waals surface area contributed by atoms with E-state index in [1.807, 2.05) is 6.08 Å². The quantitative estimate of drug-likeness (QED) is 0.0697. The third kappa shape index (κ3) is 35.5. The van der Waals surface area contributed by atoms with Crippen molar-refractivity contribution in [3.63, 3.8) is 0 Å². The highest BCUT2D eigenvalue weighted by Gasteiger charge is 1.98. The van der Waals surface area contributed by atoms with Crippen LogP contribution >= 0.6 is 0 Å². The molecule has 316 valence electrons. The van der Waals surface area contributed by atoms with Crippen LogP contribution in [0.1, 0.15) is 212 Å². The van der Waals surface area contributed by atoms with Gasteiger partial charge < -0.3 is 5.11 Å². The van der Waals surface area contributed by atoms with Gasteiger partial charge in [0.25, 0.3) is 0 Å². The van der Waals surface area contributed by atoms with Crippen LogP contribution < -0.4 is 0 Å². The van der Waals surface area contributed by atoms with Crippen molar-refractivity contribution in [1.29, 1.82) is 0 Å². The average molecular weight is 767 g/mol. The van der Waals surface area contributed by atoms with Gasteiger partial charge in [-0.2, -0.15) is 0 Å². The lowest BCUT2D eigenvalue weighted by molar-refractivity contribution is 0.341. The second-order valence-corrected chi connectivity index (χ2v) is 17.4. The van der Waals surface area contributed by atoms with Crippen molar-refractivity contribution in [3.8, 4) is 0 Å². The van der Waals surface area contributed by atoms with Gasteiger partial charge in [0.05, 0.1) is 6.61 Å². The number of aliphatic hydroxyl groups excluding tert-OH is 1. The van der Waals surface area contributed by atoms with Gasteiger partial charge >= 0.3 is 0 Å². The number of hydrogen-bond donors (Lipinski definition) is 1. The Morgan fingerprint density at radius 3 is 0.518 bits per heavy atom. The summed E-state index contributed by atoms with van der Waals surface area (Å²) in [6, 6.07) is 0. The van der Waals surface area contributed by atoms with Crippen molar-refractivity contribution in [2.75, 3.05) is 6.61 Å². The zero-order valence-electron chi connectivity index (χ0n) is 39.1. The van der Waals surface area contributed by atoms with Crippen LogP contribution in [0.2, 0.25) is 0 Å². The third-order valence-electron chi connectivity index (χ3n) is 10.8. The predicted molar refractivity (Wildman–Crippen MR) is 256 cm³/mol. The van der Waals surface area contributed by atoms with Gasteiger partial charge in [-0.05, 0) is 212 Å². The monoisotopic (exact) mass is 767 g/mol. The number of hydrogen-bond acceptors (Lipinski definition) is 1. The molecule has 1 heteroatoms. The van der Waals surface area contributed by atoms with Gasteiger partial charge in [-0.3, -0.25) is 0 Å². The molecule has 0 heterocycles. The Balaban J connectivity index is 4.26. The Morgan fingerprint density at radius 1 is 0.232 bits per heavy atom. The Morgan fingerprint density at radius 2 is 0.375 bits per heavy atom. The standard InChI is InChI=1S/C55H90O/c1-45(2)23-13-24-46(3)25-14-26-47(4)27-15-28-48(5)29-16-30-49(6)31-17-32-50(7)33-18-34-51(8)35-19-36-52(9)37-20-38-53(10)39-21-40-54(11)41-22-42-55(12)43-44-56/h23,25,27,29,31,33,35,37,39,41,43,56H,13-22,24,26,28,30,32,34,36,38,40,42,44H2,1-12H3/b46-25+,47-27-,48-29-,49-31-,50-33-,51-35-,52-37-,53-39-,54-41-,55-43-. The number of allylic oxidation sites excluding steroid dienone is 21. The van der Waals surface area contributed by atoms with E-state index in [4.69, 9.17) is 5.11 Å². The summed E-state index contributed by atoms with van der Waals surface area (Å²) < 4.78 is 0. The van der Waals surface area contributed by atoms with Gasteiger partial charge in [0.1, 0.15) is 0 Å². The molecule has 0 saturated carbocycles. The molecule has 0 aliphatic heterocycles. The lowest BCUT2D eigenvalue weighted by Gasteiger charge is -2.04. The molecule has 0 rings (SSSR count). The van der Waals surface area contributed by atoms with E-state index in [0.29, 0.717) is 0 Å². The second kappa shape index (κ2) is 35.3. The predicted octanol–water partition coefficient (Wildman–Crippen LogP) is 18.2. The number of rotatable bonds is 31. The smallest absolute Gasteiger partial charge is 0.0614 e. The summed E-state index contributed by atoms with van der Waals surface area (Å²) in [5.74, 6) is 0. The first-order chi connectivity index (χ1) is 26.7. The van der Waals surface area contributed by atoms with E-state index < -0.39 is 0 Å². The van der Waals surface area contributed by atoms with Gasteiger partial charge in [-0.25, -0.2) is 0 Å². The van der Waals surface area contributed by atoms with Crippen LogP contribution in [0.5, 0.6) is 0 Å². The summed E-state index contributed by atoms with van der Waals surface area (Å²) in [4.78, 5) is 0. The van der Waals surface area contributed by atoms with Crippen LogP contribution in [-0.4, -0.2) is 11.7 Å². The highest BCUT2D eigenvalue weighted by molar-refractivity contribution is 5.11. The minimum Gasteiger partial charge on any atom is -0.392 e. The Bertz CT molecular complexity index is 1410. The Hall–Kier alpha value is -2.90. The maximum atomic E-state index is 8.99. The molecule has 56 heavy (non-hydrogen) atoms. The maximum absolute atomic E-state index is 8.99. The molecule has 0 radical (unpaired) electrons. The molecule has 0 atom stereocenters. The largest absolute Gasteiger partial charge is 0.392 e. The van der Waals surface area contributed by atoms with Crippen LogP contribution in [0.15, 0.2) is 128 Å². The van der Waals surface area contributed by atoms with E-state index in [9.17, 15) is 0 Å². The minimum absolute atomic E-state index is 0.149. The first-order valence-electron chi connectivity index (χ1n) is 22.5. The molecule has 0 aliphatic rings. The van der Waals surface area contributed by atoms with Crippen LogP contribution in [0, 0.1) is 0 Å². The summed E-state index contributed by atoms with van der Waals surface area (Å²) in [6.45, 7) is 27.2. The molecule has 0 aliphatic carbocycles. The molecular weight excluding hydrogens is 677 g/mol. The van der Waals surface area contributed by atoms with E-state index in [0.717, 1.165) is 70.6 Å². The van der Waals surface area contributed by atoms with E-state index in [1.165, 1.54) is 119 Å². The molecule has 0 unspecified atom stereocenters. The van der Waals surface area contributed by atoms with E-state index in [-0.39, 0.29) is 6.61 Å². The van der Waals surface area contributed by atoms with E-state index in [1.54, 1.807) is 0 Å². The van der Waals surface area contributed by atoms with Gasteiger partial charge in [-0.15, -0.1) is 0 Å². The molecule has 0 fully saturated rings. The third-order valence-corrected chi connectivity index (χ3v) is 10.8. The summed E-state index contributed by atoms with van der Waals surface area (Å²) >= 11 is 0. The lowest BCUT2D eigenvalue weighted by atomic mass is 10.0. The zero-order chi connectivity index (χ0) is 42.0. The molecule has 0 aromatic carbocycles. The average Bonchev–Trinajstić information content (AvgIpc) is 3.11. The van der Waals surface area contributed by atoms with Gasteiger partial charge in [0.2, 0.25) is 0 Å². The second-order valence-electron chi connectivity index (χ2n) is 17.4. The first-order valence-corrected chi connectivity index (χ1v) is 22.5. The molecule has 1 N–H and O–H groups in total. The Labute approximate surface area is 350 Å². The molecular formula is C55H90O.